The quantitative estimate of drug-likeness (QED) is 0.493. The molecule has 0 fully saturated rings. The summed E-state index contributed by atoms with van der Waals surface area (Å²) in [5, 5.41) is 0. The van der Waals surface area contributed by atoms with Gasteiger partial charge in [0, 0.05) is 0 Å². The molecule has 0 heterocycles. The zero-order valence-corrected chi connectivity index (χ0v) is 5.65. The maximum Gasteiger partial charge on any atom is 0.356 e. The average molecular weight is 154 g/mol. The van der Waals surface area contributed by atoms with Gasteiger partial charge in [0.2, 0.25) is 0 Å². The molecule has 0 amide bonds. The Labute approximate surface area is 55.0 Å². The van der Waals surface area contributed by atoms with Crippen molar-refractivity contribution in [3.05, 3.63) is 12.1 Å². The highest BCUT2D eigenvalue weighted by atomic mass is 32.2. The number of rotatable bonds is 3. The number of hydrogen-bond acceptors (Lipinski definition) is 2. The summed E-state index contributed by atoms with van der Waals surface area (Å²) in [6, 6.07) is 0. The van der Waals surface area contributed by atoms with Crippen LogP contribution < -0.4 is 0 Å². The highest BCUT2D eigenvalue weighted by molar-refractivity contribution is 7.74. The van der Waals surface area contributed by atoms with Gasteiger partial charge in [0.1, 0.15) is 12.1 Å². The van der Waals surface area contributed by atoms with Gasteiger partial charge in [-0.15, -0.1) is 0 Å². The van der Waals surface area contributed by atoms with E-state index in [0.29, 0.717) is 6.26 Å². The van der Waals surface area contributed by atoms with Crippen molar-refractivity contribution in [3.63, 3.8) is 0 Å². The van der Waals surface area contributed by atoms with Crippen LogP contribution in [0.25, 0.3) is 0 Å². The molecule has 0 spiro atoms. The van der Waals surface area contributed by atoms with Gasteiger partial charge in [-0.05, 0) is 6.42 Å². The molecule has 0 aromatic rings. The van der Waals surface area contributed by atoms with Crippen LogP contribution in [0, 0.1) is 0 Å². The molecule has 9 heavy (non-hydrogen) atoms. The first-order chi connectivity index (χ1) is 4.16. The van der Waals surface area contributed by atoms with Gasteiger partial charge in [0.25, 0.3) is 0 Å². The SMILES string of the molecule is CCC(F)=COS(=O)O. The minimum atomic E-state index is -2.40. The first-order valence-electron chi connectivity index (χ1n) is 2.29. The first-order valence-corrected chi connectivity index (χ1v) is 3.32. The van der Waals surface area contributed by atoms with E-state index < -0.39 is 17.2 Å². The van der Waals surface area contributed by atoms with E-state index in [1.54, 1.807) is 6.92 Å². The van der Waals surface area contributed by atoms with E-state index in [0.717, 1.165) is 0 Å². The lowest BCUT2D eigenvalue weighted by Gasteiger charge is -1.89. The van der Waals surface area contributed by atoms with Crippen molar-refractivity contribution in [2.45, 2.75) is 13.3 Å². The Hall–Kier alpha value is -0.420. The van der Waals surface area contributed by atoms with Crippen LogP contribution in [0.3, 0.4) is 0 Å². The second kappa shape index (κ2) is 4.46. The van der Waals surface area contributed by atoms with E-state index in [4.69, 9.17) is 4.55 Å². The van der Waals surface area contributed by atoms with E-state index in [1.807, 2.05) is 0 Å². The Morgan fingerprint density at radius 3 is 2.89 bits per heavy atom. The summed E-state index contributed by atoms with van der Waals surface area (Å²) < 4.78 is 33.5. The van der Waals surface area contributed by atoms with Crippen LogP contribution in [0.5, 0.6) is 0 Å². The fourth-order valence-corrected chi connectivity index (χ4v) is 0.363. The third kappa shape index (κ3) is 5.45. The van der Waals surface area contributed by atoms with Gasteiger partial charge < -0.3 is 4.18 Å². The van der Waals surface area contributed by atoms with Crippen LogP contribution in [0.1, 0.15) is 13.3 Å². The van der Waals surface area contributed by atoms with Gasteiger partial charge in [-0.1, -0.05) is 6.92 Å². The molecular formula is C4H7FO3S. The summed E-state index contributed by atoms with van der Waals surface area (Å²) >= 11 is -2.40. The average Bonchev–Trinajstić information content (AvgIpc) is 1.83. The molecule has 0 aromatic heterocycles. The van der Waals surface area contributed by atoms with Crippen LogP contribution in [-0.2, 0) is 15.5 Å². The Kier molecular flexibility index (Phi) is 4.25. The van der Waals surface area contributed by atoms with E-state index >= 15 is 0 Å². The summed E-state index contributed by atoms with van der Waals surface area (Å²) in [6.07, 6.45) is 0.785. The van der Waals surface area contributed by atoms with Gasteiger partial charge in [-0.3, -0.25) is 4.55 Å². The Morgan fingerprint density at radius 2 is 2.56 bits per heavy atom. The lowest BCUT2D eigenvalue weighted by molar-refractivity contribution is 0.402. The lowest BCUT2D eigenvalue weighted by Crippen LogP contribution is -1.86. The lowest BCUT2D eigenvalue weighted by atomic mass is 10.4. The van der Waals surface area contributed by atoms with Crippen molar-refractivity contribution >= 4 is 11.4 Å². The number of hydrogen-bond donors (Lipinski definition) is 1. The summed E-state index contributed by atoms with van der Waals surface area (Å²) in [5.74, 6) is -0.558. The molecule has 0 rings (SSSR count). The standard InChI is InChI=1S/C4H7FO3S/c1-2-4(5)3-8-9(6)7/h3H,2H2,1H3,(H,6,7). The molecule has 3 nitrogen and oxygen atoms in total. The minimum absolute atomic E-state index is 0.164. The van der Waals surface area contributed by atoms with Crippen molar-refractivity contribution in [1.29, 1.82) is 0 Å². The van der Waals surface area contributed by atoms with Crippen molar-refractivity contribution in [2.24, 2.45) is 0 Å². The Morgan fingerprint density at radius 1 is 2.00 bits per heavy atom. The zero-order valence-electron chi connectivity index (χ0n) is 4.83. The molecule has 1 unspecified atom stereocenters. The molecule has 1 atom stereocenters. The normalized spacial score (nSPS) is 15.2. The molecule has 0 aliphatic heterocycles. The third-order valence-electron chi connectivity index (χ3n) is 0.596. The molecule has 0 aliphatic carbocycles. The molecule has 0 aromatic carbocycles. The van der Waals surface area contributed by atoms with E-state index in [9.17, 15) is 8.60 Å². The van der Waals surface area contributed by atoms with Crippen molar-refractivity contribution in [2.75, 3.05) is 0 Å². The molecular weight excluding hydrogens is 147 g/mol. The summed E-state index contributed by atoms with van der Waals surface area (Å²) in [5.41, 5.74) is 0. The molecule has 0 aliphatic rings. The van der Waals surface area contributed by atoms with E-state index in [1.165, 1.54) is 0 Å². The highest BCUT2D eigenvalue weighted by Gasteiger charge is 1.91. The minimum Gasteiger partial charge on any atom is -0.385 e. The maximum absolute atomic E-state index is 12.0. The van der Waals surface area contributed by atoms with Gasteiger partial charge in [0.05, 0.1) is 0 Å². The highest BCUT2D eigenvalue weighted by Crippen LogP contribution is 2.01. The summed E-state index contributed by atoms with van der Waals surface area (Å²) in [7, 11) is 0. The topological polar surface area (TPSA) is 46.5 Å². The van der Waals surface area contributed by atoms with Crippen LogP contribution in [-0.4, -0.2) is 8.76 Å². The Balaban J connectivity index is 3.56. The first kappa shape index (κ1) is 8.58. The smallest absolute Gasteiger partial charge is 0.356 e. The van der Waals surface area contributed by atoms with Crippen LogP contribution in [0.2, 0.25) is 0 Å². The maximum atomic E-state index is 12.0. The van der Waals surface area contributed by atoms with Gasteiger partial charge in [-0.25, -0.2) is 4.39 Å². The molecule has 5 heteroatoms. The zero-order chi connectivity index (χ0) is 7.28. The van der Waals surface area contributed by atoms with Gasteiger partial charge in [0.15, 0.2) is 0 Å². The third-order valence-corrected chi connectivity index (χ3v) is 0.857. The van der Waals surface area contributed by atoms with Crippen molar-refractivity contribution in [3.8, 4) is 0 Å². The van der Waals surface area contributed by atoms with E-state index in [-0.39, 0.29) is 6.42 Å². The summed E-state index contributed by atoms with van der Waals surface area (Å²) in [4.78, 5) is 0. The number of allylic oxidation sites excluding steroid dienone is 1. The van der Waals surface area contributed by atoms with Gasteiger partial charge >= 0.3 is 11.4 Å². The Bertz CT molecular complexity index is 134. The largest absolute Gasteiger partial charge is 0.385 e. The molecule has 54 valence electrons. The molecule has 0 saturated heterocycles. The number of halogens is 1. The monoisotopic (exact) mass is 154 g/mol. The predicted octanol–water partition coefficient (Wildman–Crippen LogP) is 1.36. The fourth-order valence-electron chi connectivity index (χ4n) is 0.177. The molecule has 0 bridgehead atoms. The molecule has 0 radical (unpaired) electrons. The second-order valence-corrected chi connectivity index (χ2v) is 1.86. The van der Waals surface area contributed by atoms with Crippen molar-refractivity contribution in [1.82, 2.24) is 0 Å². The molecule has 0 saturated carbocycles. The van der Waals surface area contributed by atoms with Gasteiger partial charge in [-0.2, -0.15) is 4.21 Å². The molecule has 1 N–H and O–H groups in total. The van der Waals surface area contributed by atoms with Crippen molar-refractivity contribution < 1.29 is 17.3 Å². The fraction of sp³-hybridized carbons (Fsp3) is 0.500. The van der Waals surface area contributed by atoms with Crippen LogP contribution >= 0.6 is 0 Å². The summed E-state index contributed by atoms with van der Waals surface area (Å²) in [6.45, 7) is 1.56. The van der Waals surface area contributed by atoms with E-state index in [2.05, 4.69) is 4.18 Å². The van der Waals surface area contributed by atoms with Crippen LogP contribution in [0.15, 0.2) is 12.1 Å². The predicted molar refractivity (Wildman–Crippen MR) is 31.3 cm³/mol. The van der Waals surface area contributed by atoms with Crippen LogP contribution in [0.4, 0.5) is 4.39 Å². The second-order valence-electron chi connectivity index (χ2n) is 1.23.